The summed E-state index contributed by atoms with van der Waals surface area (Å²) in [5, 5.41) is 7.15. The van der Waals surface area contributed by atoms with Crippen molar-refractivity contribution in [2.45, 2.75) is 51.4 Å². The molecule has 0 aromatic heterocycles. The zero-order chi connectivity index (χ0) is 10.9. The minimum atomic E-state index is 0.336. The fraction of sp³-hybridized carbons (Fsp3) is 0.917. The van der Waals surface area contributed by atoms with Crippen LogP contribution in [0, 0.1) is 5.41 Å². The van der Waals surface area contributed by atoms with E-state index in [0.717, 1.165) is 12.8 Å². The van der Waals surface area contributed by atoms with E-state index >= 15 is 0 Å². The first-order valence-electron chi connectivity index (χ1n) is 6.34. The van der Waals surface area contributed by atoms with Crippen molar-refractivity contribution >= 4 is 5.84 Å². The average Bonchev–Trinajstić information content (AvgIpc) is 2.14. The molecule has 0 bridgehead atoms. The molecule has 0 atom stereocenters. The molecule has 1 fully saturated rings. The first-order chi connectivity index (χ1) is 7.29. The Morgan fingerprint density at radius 2 is 1.60 bits per heavy atom. The Balaban J connectivity index is 2.04. The van der Waals surface area contributed by atoms with Gasteiger partial charge in [-0.2, -0.15) is 0 Å². The molecule has 0 aliphatic carbocycles. The molecular weight excluding hydrogens is 186 g/mol. The van der Waals surface area contributed by atoms with Crippen molar-refractivity contribution in [3.63, 3.8) is 0 Å². The van der Waals surface area contributed by atoms with Gasteiger partial charge in [0.2, 0.25) is 0 Å². The van der Waals surface area contributed by atoms with Gasteiger partial charge in [-0.05, 0) is 45.3 Å². The van der Waals surface area contributed by atoms with E-state index in [1.807, 2.05) is 0 Å². The minimum absolute atomic E-state index is 0.336. The Morgan fingerprint density at radius 3 is 2.20 bits per heavy atom. The van der Waals surface area contributed by atoms with E-state index < -0.39 is 0 Å². The fourth-order valence-electron chi connectivity index (χ4n) is 2.19. The van der Waals surface area contributed by atoms with E-state index in [1.165, 1.54) is 58.2 Å². The molecule has 0 radical (unpaired) electrons. The number of unbranched alkanes of at least 4 members (excludes halogenated alkanes) is 1. The van der Waals surface area contributed by atoms with Crippen molar-refractivity contribution < 1.29 is 0 Å². The van der Waals surface area contributed by atoms with Crippen LogP contribution in [0.5, 0.6) is 0 Å². The average molecular weight is 211 g/mol. The van der Waals surface area contributed by atoms with Crippen LogP contribution in [0.15, 0.2) is 0 Å². The molecule has 88 valence electrons. The zero-order valence-corrected chi connectivity index (χ0v) is 9.80. The summed E-state index contributed by atoms with van der Waals surface area (Å²) in [6.45, 7) is 3.76. The van der Waals surface area contributed by atoms with E-state index in [4.69, 9.17) is 11.1 Å². The molecule has 3 nitrogen and oxygen atoms in total. The molecule has 1 aliphatic rings. The highest BCUT2D eigenvalue weighted by atomic mass is 15.1. The standard InChI is InChI=1S/C12H25N3/c13-12(14)8-4-7-11-15-9-5-2-1-3-6-10-15/h1-11H2,(H3,13,14). The van der Waals surface area contributed by atoms with Gasteiger partial charge in [-0.25, -0.2) is 0 Å². The molecular formula is C12H25N3. The quantitative estimate of drug-likeness (QED) is 0.417. The fourth-order valence-corrected chi connectivity index (χ4v) is 2.19. The maximum atomic E-state index is 7.15. The second-order valence-corrected chi connectivity index (χ2v) is 4.59. The number of nitrogens with zero attached hydrogens (tertiary/aromatic N) is 1. The lowest BCUT2D eigenvalue weighted by Crippen LogP contribution is -2.28. The number of amidine groups is 1. The summed E-state index contributed by atoms with van der Waals surface area (Å²) in [4.78, 5) is 2.58. The first kappa shape index (κ1) is 12.5. The maximum absolute atomic E-state index is 7.15. The maximum Gasteiger partial charge on any atom is 0.0905 e. The summed E-state index contributed by atoms with van der Waals surface area (Å²) in [7, 11) is 0. The molecule has 0 spiro atoms. The van der Waals surface area contributed by atoms with Crippen LogP contribution in [-0.4, -0.2) is 30.4 Å². The second kappa shape index (κ2) is 7.69. The highest BCUT2D eigenvalue weighted by molar-refractivity contribution is 5.76. The van der Waals surface area contributed by atoms with Crippen molar-refractivity contribution in [3.05, 3.63) is 0 Å². The van der Waals surface area contributed by atoms with Crippen LogP contribution < -0.4 is 5.73 Å². The zero-order valence-electron chi connectivity index (χ0n) is 9.80. The monoisotopic (exact) mass is 211 g/mol. The Hall–Kier alpha value is -0.570. The van der Waals surface area contributed by atoms with Crippen LogP contribution >= 0.6 is 0 Å². The molecule has 1 rings (SSSR count). The van der Waals surface area contributed by atoms with Gasteiger partial charge in [-0.3, -0.25) is 5.41 Å². The van der Waals surface area contributed by atoms with Crippen LogP contribution in [-0.2, 0) is 0 Å². The van der Waals surface area contributed by atoms with E-state index in [9.17, 15) is 0 Å². The van der Waals surface area contributed by atoms with Crippen LogP contribution in [0.4, 0.5) is 0 Å². The normalized spacial score (nSPS) is 19.5. The number of nitrogens with one attached hydrogen (secondary N) is 1. The lowest BCUT2D eigenvalue weighted by atomic mass is 10.1. The topological polar surface area (TPSA) is 53.1 Å². The van der Waals surface area contributed by atoms with Crippen LogP contribution in [0.3, 0.4) is 0 Å². The van der Waals surface area contributed by atoms with Crippen molar-refractivity contribution in [1.29, 1.82) is 5.41 Å². The van der Waals surface area contributed by atoms with E-state index in [0.29, 0.717) is 5.84 Å². The molecule has 15 heavy (non-hydrogen) atoms. The highest BCUT2D eigenvalue weighted by Crippen LogP contribution is 2.11. The van der Waals surface area contributed by atoms with E-state index in [2.05, 4.69) is 4.90 Å². The molecule has 0 amide bonds. The molecule has 0 aromatic carbocycles. The van der Waals surface area contributed by atoms with Crippen molar-refractivity contribution in [2.75, 3.05) is 19.6 Å². The molecule has 0 aromatic rings. The Labute approximate surface area is 93.5 Å². The molecule has 3 N–H and O–H groups in total. The smallest absolute Gasteiger partial charge is 0.0905 e. The van der Waals surface area contributed by atoms with E-state index in [-0.39, 0.29) is 0 Å². The van der Waals surface area contributed by atoms with Gasteiger partial charge in [0.1, 0.15) is 0 Å². The summed E-state index contributed by atoms with van der Waals surface area (Å²) in [5.41, 5.74) is 5.33. The lowest BCUT2D eigenvalue weighted by Gasteiger charge is -2.24. The third kappa shape index (κ3) is 6.50. The summed E-state index contributed by atoms with van der Waals surface area (Å²) in [6.07, 6.45) is 10.0. The van der Waals surface area contributed by atoms with E-state index in [1.54, 1.807) is 0 Å². The number of hydrogen-bond donors (Lipinski definition) is 2. The number of hydrogen-bond acceptors (Lipinski definition) is 2. The molecule has 3 heteroatoms. The SMILES string of the molecule is N=C(N)CCCCN1CCCCCCC1. The largest absolute Gasteiger partial charge is 0.388 e. The predicted octanol–water partition coefficient (Wildman–Crippen LogP) is 2.36. The Bertz CT molecular complexity index is 172. The second-order valence-electron chi connectivity index (χ2n) is 4.59. The third-order valence-corrected chi connectivity index (χ3v) is 3.12. The lowest BCUT2D eigenvalue weighted by molar-refractivity contribution is 0.243. The van der Waals surface area contributed by atoms with Gasteiger partial charge in [0.15, 0.2) is 0 Å². The van der Waals surface area contributed by atoms with Crippen molar-refractivity contribution in [3.8, 4) is 0 Å². The molecule has 1 saturated heterocycles. The van der Waals surface area contributed by atoms with Crippen LogP contribution in [0.1, 0.15) is 51.4 Å². The first-order valence-corrected chi connectivity index (χ1v) is 6.34. The van der Waals surface area contributed by atoms with Gasteiger partial charge in [-0.1, -0.05) is 19.3 Å². The third-order valence-electron chi connectivity index (χ3n) is 3.12. The van der Waals surface area contributed by atoms with Gasteiger partial charge >= 0.3 is 0 Å². The summed E-state index contributed by atoms with van der Waals surface area (Å²) >= 11 is 0. The molecule has 1 heterocycles. The van der Waals surface area contributed by atoms with Gasteiger partial charge in [0, 0.05) is 6.42 Å². The summed E-state index contributed by atoms with van der Waals surface area (Å²) < 4.78 is 0. The molecule has 0 saturated carbocycles. The number of nitrogens with two attached hydrogens (primary N) is 1. The number of rotatable bonds is 5. The molecule has 1 aliphatic heterocycles. The predicted molar refractivity (Wildman–Crippen MR) is 65.3 cm³/mol. The van der Waals surface area contributed by atoms with Crippen LogP contribution in [0.2, 0.25) is 0 Å². The number of likely N-dealkylation sites (tertiary alicyclic amines) is 1. The van der Waals surface area contributed by atoms with Crippen LogP contribution in [0.25, 0.3) is 0 Å². The Morgan fingerprint density at radius 1 is 1.00 bits per heavy atom. The molecule has 0 unspecified atom stereocenters. The van der Waals surface area contributed by atoms with Crippen molar-refractivity contribution in [1.82, 2.24) is 4.90 Å². The minimum Gasteiger partial charge on any atom is -0.388 e. The van der Waals surface area contributed by atoms with Gasteiger partial charge < -0.3 is 10.6 Å². The van der Waals surface area contributed by atoms with Gasteiger partial charge in [0.25, 0.3) is 0 Å². The van der Waals surface area contributed by atoms with Gasteiger partial charge in [0.05, 0.1) is 5.84 Å². The highest BCUT2D eigenvalue weighted by Gasteiger charge is 2.07. The summed E-state index contributed by atoms with van der Waals surface area (Å²) in [5.74, 6) is 0.336. The van der Waals surface area contributed by atoms with Gasteiger partial charge in [-0.15, -0.1) is 0 Å². The Kier molecular flexibility index (Phi) is 6.41. The van der Waals surface area contributed by atoms with Crippen molar-refractivity contribution in [2.24, 2.45) is 5.73 Å². The summed E-state index contributed by atoms with van der Waals surface area (Å²) in [6, 6.07) is 0.